The van der Waals surface area contributed by atoms with Gasteiger partial charge in [-0.25, -0.2) is 4.98 Å². The maximum absolute atomic E-state index is 12.0. The van der Waals surface area contributed by atoms with Gasteiger partial charge in [-0.1, -0.05) is 36.4 Å². The summed E-state index contributed by atoms with van der Waals surface area (Å²) in [5.74, 6) is 0.816. The van der Waals surface area contributed by atoms with Gasteiger partial charge in [-0.05, 0) is 31.0 Å². The first-order chi connectivity index (χ1) is 13.2. The molecule has 1 aromatic carbocycles. The molecule has 0 aliphatic carbocycles. The summed E-state index contributed by atoms with van der Waals surface area (Å²) in [6.45, 7) is 10.3. The molecular formula is C22H28N4O. The van der Waals surface area contributed by atoms with Crippen molar-refractivity contribution < 1.29 is 4.79 Å². The Labute approximate surface area is 161 Å². The zero-order valence-electron chi connectivity index (χ0n) is 16.0. The lowest BCUT2D eigenvalue weighted by molar-refractivity contribution is 0.0957. The van der Waals surface area contributed by atoms with Gasteiger partial charge in [0, 0.05) is 45.0 Å². The standard InChI is InChI=1S/C22H28N4O/c1-3-12-23-22(27)20-9-10-21(24-16-20)25-13-11-18(2)26(15-14-25)17-19-7-5-4-6-8-19/h3-10,16,18H,1,11-15,17H2,2H3,(H,23,27). The number of rotatable bonds is 6. The molecule has 1 fully saturated rings. The molecule has 27 heavy (non-hydrogen) atoms. The lowest BCUT2D eigenvalue weighted by Crippen LogP contribution is -2.34. The molecular weight excluding hydrogens is 336 g/mol. The van der Waals surface area contributed by atoms with Gasteiger partial charge < -0.3 is 10.2 Å². The number of nitrogens with one attached hydrogen (secondary N) is 1. The van der Waals surface area contributed by atoms with Crippen LogP contribution in [0.4, 0.5) is 5.82 Å². The molecule has 2 heterocycles. The summed E-state index contributed by atoms with van der Waals surface area (Å²) in [6, 6.07) is 14.9. The highest BCUT2D eigenvalue weighted by atomic mass is 16.1. The van der Waals surface area contributed by atoms with Crippen LogP contribution >= 0.6 is 0 Å². The van der Waals surface area contributed by atoms with E-state index in [4.69, 9.17) is 0 Å². The number of hydrogen-bond acceptors (Lipinski definition) is 4. The molecule has 3 rings (SSSR count). The first-order valence-corrected chi connectivity index (χ1v) is 9.55. The van der Waals surface area contributed by atoms with Crippen molar-refractivity contribution in [3.63, 3.8) is 0 Å². The zero-order chi connectivity index (χ0) is 19.1. The molecule has 0 radical (unpaired) electrons. The molecule has 1 aliphatic heterocycles. The Hall–Kier alpha value is -2.66. The van der Waals surface area contributed by atoms with Gasteiger partial charge in [0.2, 0.25) is 0 Å². The Morgan fingerprint density at radius 2 is 2.04 bits per heavy atom. The average molecular weight is 364 g/mol. The molecule has 1 N–H and O–H groups in total. The van der Waals surface area contributed by atoms with Crippen molar-refractivity contribution in [3.8, 4) is 0 Å². The monoisotopic (exact) mass is 364 g/mol. The number of nitrogens with zero attached hydrogens (tertiary/aromatic N) is 3. The smallest absolute Gasteiger partial charge is 0.253 e. The minimum atomic E-state index is -0.118. The molecule has 1 saturated heterocycles. The second kappa shape index (κ2) is 9.33. The van der Waals surface area contributed by atoms with Crippen LogP contribution < -0.4 is 10.2 Å². The van der Waals surface area contributed by atoms with Crippen LogP contribution in [0.1, 0.15) is 29.3 Å². The van der Waals surface area contributed by atoms with Crippen LogP contribution in [0.25, 0.3) is 0 Å². The molecule has 0 saturated carbocycles. The highest BCUT2D eigenvalue weighted by Crippen LogP contribution is 2.19. The van der Waals surface area contributed by atoms with E-state index in [-0.39, 0.29) is 5.91 Å². The molecule has 5 heteroatoms. The van der Waals surface area contributed by atoms with Crippen molar-refractivity contribution in [1.29, 1.82) is 0 Å². The number of amides is 1. The number of hydrogen-bond donors (Lipinski definition) is 1. The Morgan fingerprint density at radius 3 is 2.74 bits per heavy atom. The van der Waals surface area contributed by atoms with Gasteiger partial charge in [0.15, 0.2) is 0 Å². The summed E-state index contributed by atoms with van der Waals surface area (Å²) in [7, 11) is 0. The van der Waals surface area contributed by atoms with Crippen LogP contribution in [0.2, 0.25) is 0 Å². The van der Waals surface area contributed by atoms with E-state index >= 15 is 0 Å². The van der Waals surface area contributed by atoms with Gasteiger partial charge in [0.1, 0.15) is 5.82 Å². The molecule has 142 valence electrons. The van der Waals surface area contributed by atoms with Crippen molar-refractivity contribution in [1.82, 2.24) is 15.2 Å². The summed E-state index contributed by atoms with van der Waals surface area (Å²) in [5.41, 5.74) is 1.93. The number of pyridine rings is 1. The number of carbonyl (C=O) groups is 1. The van der Waals surface area contributed by atoms with Crippen LogP contribution in [0.15, 0.2) is 61.3 Å². The second-order valence-electron chi connectivity index (χ2n) is 6.98. The molecule has 1 aromatic heterocycles. The highest BCUT2D eigenvalue weighted by molar-refractivity contribution is 5.94. The first kappa shape index (κ1) is 19.1. The van der Waals surface area contributed by atoms with Crippen LogP contribution in [0.3, 0.4) is 0 Å². The fourth-order valence-corrected chi connectivity index (χ4v) is 3.36. The summed E-state index contributed by atoms with van der Waals surface area (Å²) < 4.78 is 0. The van der Waals surface area contributed by atoms with Crippen LogP contribution in [-0.2, 0) is 6.54 Å². The maximum atomic E-state index is 12.0. The van der Waals surface area contributed by atoms with Gasteiger partial charge in [0.25, 0.3) is 5.91 Å². The van der Waals surface area contributed by atoms with Gasteiger partial charge in [-0.3, -0.25) is 9.69 Å². The Kier molecular flexibility index (Phi) is 6.60. The summed E-state index contributed by atoms with van der Waals surface area (Å²) in [4.78, 5) is 21.4. The Morgan fingerprint density at radius 1 is 1.22 bits per heavy atom. The van der Waals surface area contributed by atoms with Crippen LogP contribution in [-0.4, -0.2) is 48.0 Å². The van der Waals surface area contributed by atoms with Crippen molar-refractivity contribution >= 4 is 11.7 Å². The number of aromatic nitrogens is 1. The van der Waals surface area contributed by atoms with Gasteiger partial charge >= 0.3 is 0 Å². The summed E-state index contributed by atoms with van der Waals surface area (Å²) >= 11 is 0. The zero-order valence-corrected chi connectivity index (χ0v) is 16.0. The van der Waals surface area contributed by atoms with E-state index in [1.807, 2.05) is 12.1 Å². The third-order valence-corrected chi connectivity index (χ3v) is 5.07. The van der Waals surface area contributed by atoms with Crippen molar-refractivity contribution in [2.24, 2.45) is 0 Å². The molecule has 1 amide bonds. The van der Waals surface area contributed by atoms with E-state index in [0.29, 0.717) is 18.2 Å². The minimum absolute atomic E-state index is 0.118. The lowest BCUT2D eigenvalue weighted by atomic mass is 10.1. The average Bonchev–Trinajstić information content (AvgIpc) is 2.89. The van der Waals surface area contributed by atoms with Crippen LogP contribution in [0, 0.1) is 0 Å². The van der Waals surface area contributed by atoms with E-state index in [9.17, 15) is 4.79 Å². The molecule has 0 bridgehead atoms. The normalized spacial score (nSPS) is 18.0. The number of carbonyl (C=O) groups excluding carboxylic acids is 1. The fourth-order valence-electron chi connectivity index (χ4n) is 3.36. The molecule has 2 aromatic rings. The van der Waals surface area contributed by atoms with E-state index < -0.39 is 0 Å². The van der Waals surface area contributed by atoms with Crippen molar-refractivity contribution in [2.75, 3.05) is 31.1 Å². The SMILES string of the molecule is C=CCNC(=O)c1ccc(N2CCC(C)N(Cc3ccccc3)CC2)nc1. The van der Waals surface area contributed by atoms with E-state index in [0.717, 1.165) is 38.4 Å². The van der Waals surface area contributed by atoms with Gasteiger partial charge in [-0.15, -0.1) is 6.58 Å². The largest absolute Gasteiger partial charge is 0.355 e. The quantitative estimate of drug-likeness (QED) is 0.800. The minimum Gasteiger partial charge on any atom is -0.355 e. The third kappa shape index (κ3) is 5.17. The van der Waals surface area contributed by atoms with E-state index in [2.05, 4.69) is 63.9 Å². The van der Waals surface area contributed by atoms with Crippen molar-refractivity contribution in [3.05, 3.63) is 72.4 Å². The molecule has 1 aliphatic rings. The second-order valence-corrected chi connectivity index (χ2v) is 6.98. The molecule has 0 spiro atoms. The highest BCUT2D eigenvalue weighted by Gasteiger charge is 2.21. The lowest BCUT2D eigenvalue weighted by Gasteiger charge is -2.26. The van der Waals surface area contributed by atoms with Gasteiger partial charge in [0.05, 0.1) is 5.56 Å². The Balaban J connectivity index is 1.61. The fraction of sp³-hybridized carbons (Fsp3) is 0.364. The maximum Gasteiger partial charge on any atom is 0.253 e. The van der Waals surface area contributed by atoms with E-state index in [1.54, 1.807) is 12.3 Å². The van der Waals surface area contributed by atoms with Gasteiger partial charge in [-0.2, -0.15) is 0 Å². The molecule has 1 atom stereocenters. The predicted molar refractivity (Wildman–Crippen MR) is 110 cm³/mol. The van der Waals surface area contributed by atoms with Crippen LogP contribution in [0.5, 0.6) is 0 Å². The first-order valence-electron chi connectivity index (χ1n) is 9.55. The Bertz CT molecular complexity index is 745. The van der Waals surface area contributed by atoms with Crippen molar-refractivity contribution in [2.45, 2.75) is 25.9 Å². The number of benzene rings is 1. The third-order valence-electron chi connectivity index (χ3n) is 5.07. The predicted octanol–water partition coefficient (Wildman–Crippen LogP) is 3.10. The summed E-state index contributed by atoms with van der Waals surface area (Å²) in [6.07, 6.45) is 4.42. The van der Waals surface area contributed by atoms with E-state index in [1.165, 1.54) is 5.56 Å². The summed E-state index contributed by atoms with van der Waals surface area (Å²) in [5, 5.41) is 2.78. The number of anilines is 1. The molecule has 5 nitrogen and oxygen atoms in total. The molecule has 1 unspecified atom stereocenters. The topological polar surface area (TPSA) is 48.5 Å².